The van der Waals surface area contributed by atoms with Crippen LogP contribution in [0, 0.1) is 0 Å². The molecule has 7 heteroatoms. The van der Waals surface area contributed by atoms with E-state index in [4.69, 9.17) is 11.6 Å². The summed E-state index contributed by atoms with van der Waals surface area (Å²) in [4.78, 5) is 16.7. The van der Waals surface area contributed by atoms with E-state index in [9.17, 15) is 4.79 Å². The van der Waals surface area contributed by atoms with Gasteiger partial charge in [0.15, 0.2) is 16.8 Å². The average Bonchev–Trinajstić information content (AvgIpc) is 3.04. The van der Waals surface area contributed by atoms with E-state index in [1.54, 1.807) is 42.7 Å². The quantitative estimate of drug-likeness (QED) is 0.340. The molecule has 26 heavy (non-hydrogen) atoms. The van der Waals surface area contributed by atoms with Crippen molar-refractivity contribution in [2.45, 2.75) is 23.9 Å². The first-order valence-corrected chi connectivity index (χ1v) is 9.27. The van der Waals surface area contributed by atoms with Crippen molar-refractivity contribution in [3.8, 4) is 11.4 Å². The van der Waals surface area contributed by atoms with Crippen LogP contribution in [0.15, 0.2) is 66.6 Å². The fourth-order valence-electron chi connectivity index (χ4n) is 2.47. The van der Waals surface area contributed by atoms with Gasteiger partial charge in [-0.05, 0) is 31.2 Å². The number of benzene rings is 1. The Labute approximate surface area is 161 Å². The molecule has 0 radical (unpaired) electrons. The number of rotatable bonds is 7. The highest BCUT2D eigenvalue weighted by Gasteiger charge is 2.21. The van der Waals surface area contributed by atoms with E-state index < -0.39 is 0 Å². The van der Waals surface area contributed by atoms with Crippen LogP contribution in [0.3, 0.4) is 0 Å². The summed E-state index contributed by atoms with van der Waals surface area (Å²) in [5, 5.41) is 9.45. The number of Topliss-reactive ketones (excluding diaryl/α,β-unsaturated/α-hetero) is 1. The van der Waals surface area contributed by atoms with E-state index in [0.29, 0.717) is 22.3 Å². The van der Waals surface area contributed by atoms with Crippen molar-refractivity contribution in [1.82, 2.24) is 19.7 Å². The van der Waals surface area contributed by atoms with Crippen molar-refractivity contribution in [3.05, 3.63) is 72.0 Å². The smallest absolute Gasteiger partial charge is 0.192 e. The Hall–Kier alpha value is -2.44. The summed E-state index contributed by atoms with van der Waals surface area (Å²) >= 11 is 7.36. The van der Waals surface area contributed by atoms with Crippen molar-refractivity contribution in [1.29, 1.82) is 0 Å². The van der Waals surface area contributed by atoms with Gasteiger partial charge in [0.2, 0.25) is 0 Å². The van der Waals surface area contributed by atoms with Crippen LogP contribution in [0.4, 0.5) is 0 Å². The first kappa shape index (κ1) is 18.4. The summed E-state index contributed by atoms with van der Waals surface area (Å²) in [7, 11) is 0. The van der Waals surface area contributed by atoms with E-state index in [1.807, 2.05) is 23.6 Å². The predicted molar refractivity (Wildman–Crippen MR) is 105 cm³/mol. The predicted octanol–water partition coefficient (Wildman–Crippen LogP) is 4.54. The number of carbonyl (C=O) groups excluding carboxylic acids is 1. The maximum Gasteiger partial charge on any atom is 0.192 e. The molecule has 3 rings (SSSR count). The second-order valence-electron chi connectivity index (χ2n) is 5.58. The van der Waals surface area contributed by atoms with E-state index in [2.05, 4.69) is 21.8 Å². The van der Waals surface area contributed by atoms with Crippen LogP contribution in [-0.2, 0) is 6.54 Å². The Balaban J connectivity index is 1.86. The molecule has 3 aromatic rings. The lowest BCUT2D eigenvalue weighted by atomic mass is 10.1. The van der Waals surface area contributed by atoms with E-state index in [1.165, 1.54) is 11.8 Å². The lowest BCUT2D eigenvalue weighted by Crippen LogP contribution is -2.14. The molecule has 1 atom stereocenters. The Kier molecular flexibility index (Phi) is 5.85. The third-order valence-electron chi connectivity index (χ3n) is 3.73. The van der Waals surface area contributed by atoms with Crippen LogP contribution in [0.25, 0.3) is 11.4 Å². The largest absolute Gasteiger partial charge is 0.298 e. The second kappa shape index (κ2) is 8.29. The fraction of sp³-hybridized carbons (Fsp3) is 0.158. The number of nitrogens with zero attached hydrogens (tertiary/aromatic N) is 4. The SMILES string of the molecule is C=CCn1c(SC(C)C(=O)c2cccc(Cl)c2)nnc1-c1ccncc1. The monoisotopic (exact) mass is 384 g/mol. The summed E-state index contributed by atoms with van der Waals surface area (Å²) in [5.41, 5.74) is 1.50. The first-order valence-electron chi connectivity index (χ1n) is 8.01. The van der Waals surface area contributed by atoms with Crippen molar-refractivity contribution in [3.63, 3.8) is 0 Å². The Morgan fingerprint density at radius 1 is 1.31 bits per heavy atom. The van der Waals surface area contributed by atoms with Crippen LogP contribution in [0.2, 0.25) is 5.02 Å². The molecule has 5 nitrogen and oxygen atoms in total. The Bertz CT molecular complexity index is 926. The molecule has 0 spiro atoms. The van der Waals surface area contributed by atoms with Crippen LogP contribution >= 0.6 is 23.4 Å². The maximum atomic E-state index is 12.7. The summed E-state index contributed by atoms with van der Waals surface area (Å²) in [6.45, 7) is 6.20. The normalized spacial score (nSPS) is 11.9. The minimum absolute atomic E-state index is 0.00360. The number of thioether (sulfide) groups is 1. The van der Waals surface area contributed by atoms with Gasteiger partial charge in [0.1, 0.15) is 0 Å². The minimum Gasteiger partial charge on any atom is -0.298 e. The standard InChI is InChI=1S/C19H17ClN4OS/c1-3-11-24-18(14-7-9-21-10-8-14)22-23-19(24)26-13(2)17(25)15-5-4-6-16(20)12-15/h3-10,12-13H,1,11H2,2H3. The van der Waals surface area contributed by atoms with Gasteiger partial charge in [-0.1, -0.05) is 41.6 Å². The number of hydrogen-bond donors (Lipinski definition) is 0. The summed E-state index contributed by atoms with van der Waals surface area (Å²) in [6.07, 6.45) is 5.20. The summed E-state index contributed by atoms with van der Waals surface area (Å²) in [6, 6.07) is 10.7. The third-order valence-corrected chi connectivity index (χ3v) is 5.04. The number of pyridine rings is 1. The molecule has 1 unspecified atom stereocenters. The molecule has 132 valence electrons. The molecule has 0 aliphatic rings. The minimum atomic E-state index is -0.327. The molecular formula is C19H17ClN4OS. The third kappa shape index (κ3) is 4.03. The second-order valence-corrected chi connectivity index (χ2v) is 7.32. The topological polar surface area (TPSA) is 60.7 Å². The molecule has 0 aliphatic heterocycles. The molecule has 0 amide bonds. The number of carbonyl (C=O) groups is 1. The molecule has 2 heterocycles. The van der Waals surface area contributed by atoms with Crippen molar-refractivity contribution in [2.24, 2.45) is 0 Å². The first-order chi connectivity index (χ1) is 12.6. The van der Waals surface area contributed by atoms with Gasteiger partial charge < -0.3 is 0 Å². The highest BCUT2D eigenvalue weighted by atomic mass is 35.5. The zero-order valence-corrected chi connectivity index (χ0v) is 15.7. The Morgan fingerprint density at radius 2 is 2.08 bits per heavy atom. The fourth-order valence-corrected chi connectivity index (χ4v) is 3.60. The molecule has 0 N–H and O–H groups in total. The maximum absolute atomic E-state index is 12.7. The molecule has 0 saturated heterocycles. The van der Waals surface area contributed by atoms with Crippen molar-refractivity contribution in [2.75, 3.05) is 0 Å². The van der Waals surface area contributed by atoms with E-state index in [0.717, 1.165) is 11.4 Å². The molecular weight excluding hydrogens is 368 g/mol. The van der Waals surface area contributed by atoms with Gasteiger partial charge in [0.05, 0.1) is 5.25 Å². The number of aromatic nitrogens is 4. The lowest BCUT2D eigenvalue weighted by Gasteiger charge is -2.12. The molecule has 0 aliphatic carbocycles. The van der Waals surface area contributed by atoms with Gasteiger partial charge in [0.25, 0.3) is 0 Å². The van der Waals surface area contributed by atoms with Crippen LogP contribution in [0.5, 0.6) is 0 Å². The highest BCUT2D eigenvalue weighted by molar-refractivity contribution is 8.00. The van der Waals surface area contributed by atoms with Gasteiger partial charge >= 0.3 is 0 Å². The van der Waals surface area contributed by atoms with E-state index >= 15 is 0 Å². The van der Waals surface area contributed by atoms with Crippen LogP contribution in [0.1, 0.15) is 17.3 Å². The molecule has 1 aromatic carbocycles. The van der Waals surface area contributed by atoms with Gasteiger partial charge in [-0.15, -0.1) is 16.8 Å². The molecule has 0 saturated carbocycles. The number of ketones is 1. The molecule has 2 aromatic heterocycles. The van der Waals surface area contributed by atoms with E-state index in [-0.39, 0.29) is 11.0 Å². The zero-order chi connectivity index (χ0) is 18.5. The number of allylic oxidation sites excluding steroid dienone is 1. The average molecular weight is 385 g/mol. The summed E-state index contributed by atoms with van der Waals surface area (Å²) < 4.78 is 1.94. The van der Waals surface area contributed by atoms with Crippen molar-refractivity contribution < 1.29 is 4.79 Å². The lowest BCUT2D eigenvalue weighted by molar-refractivity contribution is 0.0994. The van der Waals surface area contributed by atoms with Crippen LogP contribution < -0.4 is 0 Å². The number of hydrogen-bond acceptors (Lipinski definition) is 5. The van der Waals surface area contributed by atoms with Crippen LogP contribution in [-0.4, -0.2) is 30.8 Å². The van der Waals surface area contributed by atoms with Crippen molar-refractivity contribution >= 4 is 29.1 Å². The highest BCUT2D eigenvalue weighted by Crippen LogP contribution is 2.28. The molecule has 0 bridgehead atoms. The van der Waals surface area contributed by atoms with Gasteiger partial charge in [0, 0.05) is 35.1 Å². The van der Waals surface area contributed by atoms with Gasteiger partial charge in [-0.25, -0.2) is 0 Å². The summed E-state index contributed by atoms with van der Waals surface area (Å²) in [5.74, 6) is 0.716. The Morgan fingerprint density at radius 3 is 2.77 bits per heavy atom. The number of halogens is 1. The molecule has 0 fully saturated rings. The zero-order valence-electron chi connectivity index (χ0n) is 14.2. The van der Waals surface area contributed by atoms with Gasteiger partial charge in [-0.3, -0.25) is 14.3 Å². The van der Waals surface area contributed by atoms with Gasteiger partial charge in [-0.2, -0.15) is 0 Å².